The summed E-state index contributed by atoms with van der Waals surface area (Å²) < 4.78 is 0. The molecule has 2 aromatic carbocycles. The zero-order valence-corrected chi connectivity index (χ0v) is 13.1. The SMILES string of the molecule is CCC(=O)[C@H]1CN(Cc2ccccc2)C[C@@H]1c1ccccc1. The standard InChI is InChI=1S/C20H23NO/c1-2-20(22)19-15-21(13-16-9-5-3-6-10-16)14-18(19)17-11-7-4-8-12-17/h3-12,18-19H,2,13-15H2,1H3/t18-,19+/m1/s1. The Labute approximate surface area is 132 Å². The third-order valence-corrected chi connectivity index (χ3v) is 4.63. The lowest BCUT2D eigenvalue weighted by molar-refractivity contribution is -0.122. The van der Waals surface area contributed by atoms with Gasteiger partial charge in [0.05, 0.1) is 0 Å². The fourth-order valence-electron chi connectivity index (χ4n) is 3.48. The molecule has 0 aromatic heterocycles. The van der Waals surface area contributed by atoms with E-state index in [1.165, 1.54) is 11.1 Å². The van der Waals surface area contributed by atoms with Gasteiger partial charge in [-0.3, -0.25) is 9.69 Å². The molecule has 0 saturated carbocycles. The van der Waals surface area contributed by atoms with E-state index in [0.29, 0.717) is 18.1 Å². The van der Waals surface area contributed by atoms with Gasteiger partial charge in [0.2, 0.25) is 0 Å². The minimum absolute atomic E-state index is 0.135. The molecular weight excluding hydrogens is 270 g/mol. The number of ketones is 1. The number of Topliss-reactive ketones (excluding diaryl/α,β-unsaturated/α-hetero) is 1. The molecule has 0 unspecified atom stereocenters. The van der Waals surface area contributed by atoms with E-state index < -0.39 is 0 Å². The van der Waals surface area contributed by atoms with Crippen LogP contribution < -0.4 is 0 Å². The molecule has 0 N–H and O–H groups in total. The molecule has 0 bridgehead atoms. The van der Waals surface area contributed by atoms with Crippen LogP contribution in [0.4, 0.5) is 0 Å². The van der Waals surface area contributed by atoms with Gasteiger partial charge in [-0.25, -0.2) is 0 Å². The van der Waals surface area contributed by atoms with E-state index in [1.54, 1.807) is 0 Å². The highest BCUT2D eigenvalue weighted by molar-refractivity contribution is 5.82. The largest absolute Gasteiger partial charge is 0.299 e. The second-order valence-corrected chi connectivity index (χ2v) is 6.12. The van der Waals surface area contributed by atoms with Crippen LogP contribution in [0.1, 0.15) is 30.4 Å². The second-order valence-electron chi connectivity index (χ2n) is 6.12. The molecule has 1 aliphatic rings. The van der Waals surface area contributed by atoms with E-state index in [4.69, 9.17) is 0 Å². The van der Waals surface area contributed by atoms with Crippen LogP contribution in [0.15, 0.2) is 60.7 Å². The number of carbonyl (C=O) groups excluding carboxylic acids is 1. The fourth-order valence-corrected chi connectivity index (χ4v) is 3.48. The van der Waals surface area contributed by atoms with E-state index in [0.717, 1.165) is 19.6 Å². The van der Waals surface area contributed by atoms with Crippen molar-refractivity contribution < 1.29 is 4.79 Å². The first-order chi connectivity index (χ1) is 10.8. The summed E-state index contributed by atoms with van der Waals surface area (Å²) >= 11 is 0. The normalized spacial score (nSPS) is 21.9. The maximum absolute atomic E-state index is 12.4. The molecule has 22 heavy (non-hydrogen) atoms. The smallest absolute Gasteiger partial charge is 0.137 e. The molecule has 1 heterocycles. The summed E-state index contributed by atoms with van der Waals surface area (Å²) in [5, 5.41) is 0. The summed E-state index contributed by atoms with van der Waals surface area (Å²) in [5.74, 6) is 0.859. The van der Waals surface area contributed by atoms with Gasteiger partial charge in [0.15, 0.2) is 0 Å². The Morgan fingerprint density at radius 1 is 1.00 bits per heavy atom. The zero-order valence-electron chi connectivity index (χ0n) is 13.1. The zero-order chi connectivity index (χ0) is 15.4. The minimum Gasteiger partial charge on any atom is -0.299 e. The van der Waals surface area contributed by atoms with Crippen LogP contribution in [0.3, 0.4) is 0 Å². The molecule has 1 fully saturated rings. The second kappa shape index (κ2) is 6.89. The van der Waals surface area contributed by atoms with Crippen molar-refractivity contribution in [1.82, 2.24) is 4.90 Å². The van der Waals surface area contributed by atoms with Gasteiger partial charge < -0.3 is 0 Å². The van der Waals surface area contributed by atoms with Gasteiger partial charge in [-0.1, -0.05) is 67.6 Å². The summed E-state index contributed by atoms with van der Waals surface area (Å²) in [7, 11) is 0. The van der Waals surface area contributed by atoms with Crippen molar-refractivity contribution in [3.8, 4) is 0 Å². The lowest BCUT2D eigenvalue weighted by Crippen LogP contribution is -2.23. The molecule has 2 heteroatoms. The van der Waals surface area contributed by atoms with Gasteiger partial charge in [-0.05, 0) is 11.1 Å². The molecule has 2 aromatic rings. The molecule has 2 atom stereocenters. The molecule has 0 radical (unpaired) electrons. The van der Waals surface area contributed by atoms with E-state index in [1.807, 2.05) is 19.1 Å². The van der Waals surface area contributed by atoms with E-state index in [2.05, 4.69) is 53.4 Å². The van der Waals surface area contributed by atoms with Crippen LogP contribution in [0.2, 0.25) is 0 Å². The molecule has 1 saturated heterocycles. The third-order valence-electron chi connectivity index (χ3n) is 4.63. The summed E-state index contributed by atoms with van der Waals surface area (Å²) in [6.45, 7) is 4.75. The Morgan fingerprint density at radius 3 is 2.27 bits per heavy atom. The quantitative estimate of drug-likeness (QED) is 0.834. The highest BCUT2D eigenvalue weighted by Gasteiger charge is 2.37. The summed E-state index contributed by atoms with van der Waals surface area (Å²) in [5.41, 5.74) is 2.61. The van der Waals surface area contributed by atoms with Crippen LogP contribution in [0, 0.1) is 5.92 Å². The highest BCUT2D eigenvalue weighted by Crippen LogP contribution is 2.34. The number of nitrogens with zero attached hydrogens (tertiary/aromatic N) is 1. The first-order valence-corrected chi connectivity index (χ1v) is 8.12. The number of likely N-dealkylation sites (tertiary alicyclic amines) is 1. The fraction of sp³-hybridized carbons (Fsp3) is 0.350. The predicted molar refractivity (Wildman–Crippen MR) is 89.7 cm³/mol. The van der Waals surface area contributed by atoms with Crippen LogP contribution in [-0.4, -0.2) is 23.8 Å². The third kappa shape index (κ3) is 3.28. The Hall–Kier alpha value is -1.93. The number of rotatable bonds is 5. The molecular formula is C20H23NO. The number of hydrogen-bond donors (Lipinski definition) is 0. The number of carbonyl (C=O) groups is 1. The average molecular weight is 293 g/mol. The Bertz CT molecular complexity index is 608. The van der Waals surface area contributed by atoms with Crippen molar-refractivity contribution in [2.45, 2.75) is 25.8 Å². The lowest BCUT2D eigenvalue weighted by Gasteiger charge is -2.17. The van der Waals surface area contributed by atoms with Crippen molar-refractivity contribution in [2.24, 2.45) is 5.92 Å². The number of hydrogen-bond acceptors (Lipinski definition) is 2. The maximum atomic E-state index is 12.4. The first-order valence-electron chi connectivity index (χ1n) is 8.12. The summed E-state index contributed by atoms with van der Waals surface area (Å²) in [6.07, 6.45) is 0.632. The Kier molecular flexibility index (Phi) is 4.69. The van der Waals surface area contributed by atoms with Crippen LogP contribution in [0.25, 0.3) is 0 Å². The highest BCUT2D eigenvalue weighted by atomic mass is 16.1. The van der Waals surface area contributed by atoms with E-state index in [-0.39, 0.29) is 5.92 Å². The topological polar surface area (TPSA) is 20.3 Å². The maximum Gasteiger partial charge on any atom is 0.137 e. The van der Waals surface area contributed by atoms with Crippen molar-refractivity contribution in [3.63, 3.8) is 0 Å². The monoisotopic (exact) mass is 293 g/mol. The van der Waals surface area contributed by atoms with Crippen LogP contribution >= 0.6 is 0 Å². The van der Waals surface area contributed by atoms with Crippen LogP contribution in [0.5, 0.6) is 0 Å². The molecule has 114 valence electrons. The van der Waals surface area contributed by atoms with Crippen molar-refractivity contribution >= 4 is 5.78 Å². The van der Waals surface area contributed by atoms with Crippen molar-refractivity contribution in [3.05, 3.63) is 71.8 Å². The molecule has 3 rings (SSSR count). The average Bonchev–Trinajstić information content (AvgIpc) is 3.00. The summed E-state index contributed by atoms with van der Waals surface area (Å²) in [4.78, 5) is 14.8. The molecule has 1 aliphatic heterocycles. The molecule has 0 spiro atoms. The van der Waals surface area contributed by atoms with Gasteiger partial charge in [0.25, 0.3) is 0 Å². The molecule has 2 nitrogen and oxygen atoms in total. The van der Waals surface area contributed by atoms with E-state index in [9.17, 15) is 4.79 Å². The van der Waals surface area contributed by atoms with Crippen molar-refractivity contribution in [1.29, 1.82) is 0 Å². The number of benzene rings is 2. The van der Waals surface area contributed by atoms with Crippen molar-refractivity contribution in [2.75, 3.05) is 13.1 Å². The predicted octanol–water partition coefficient (Wildman–Crippen LogP) is 3.88. The first kappa shape index (κ1) is 15.0. The van der Waals surface area contributed by atoms with Gasteiger partial charge in [-0.15, -0.1) is 0 Å². The van der Waals surface area contributed by atoms with Gasteiger partial charge >= 0.3 is 0 Å². The molecule has 0 amide bonds. The van der Waals surface area contributed by atoms with Gasteiger partial charge in [0.1, 0.15) is 5.78 Å². The Balaban J connectivity index is 1.78. The molecule has 0 aliphatic carbocycles. The minimum atomic E-state index is 0.135. The van der Waals surface area contributed by atoms with E-state index >= 15 is 0 Å². The van der Waals surface area contributed by atoms with Gasteiger partial charge in [-0.2, -0.15) is 0 Å². The Morgan fingerprint density at radius 2 is 1.64 bits per heavy atom. The van der Waals surface area contributed by atoms with Gasteiger partial charge in [0, 0.05) is 37.9 Å². The van der Waals surface area contributed by atoms with Crippen LogP contribution in [-0.2, 0) is 11.3 Å². The lowest BCUT2D eigenvalue weighted by atomic mass is 9.85. The summed E-state index contributed by atoms with van der Waals surface area (Å²) in [6, 6.07) is 21.0.